The van der Waals surface area contributed by atoms with E-state index in [4.69, 9.17) is 15.0 Å². The highest BCUT2D eigenvalue weighted by molar-refractivity contribution is 6.33. The van der Waals surface area contributed by atoms with Crippen LogP contribution >= 0.6 is 0 Å². The molecule has 0 aliphatic heterocycles. The molecule has 0 fully saturated rings. The van der Waals surface area contributed by atoms with Gasteiger partial charge in [-0.15, -0.1) is 0 Å². The number of hydrogen-bond donors (Lipinski definition) is 0. The SMILES string of the molecule is c1ccc(-c2nc(-c3ccccc3)nc(-c3c4ccccc4c(-c4ccc5c(c4)c4ccccc4c4cccc6ccc7cccc5c7c64)c4ccccc34)n2)cc1. The van der Waals surface area contributed by atoms with Crippen molar-refractivity contribution in [3.8, 4) is 45.3 Å². The minimum atomic E-state index is 0.648. The molecule has 0 bridgehead atoms. The summed E-state index contributed by atoms with van der Waals surface area (Å²) in [7, 11) is 0. The Labute approximate surface area is 334 Å². The lowest BCUT2D eigenvalue weighted by Crippen LogP contribution is -2.01. The van der Waals surface area contributed by atoms with E-state index >= 15 is 0 Å². The summed E-state index contributed by atoms with van der Waals surface area (Å²) in [6, 6.07) is 71.9. The fraction of sp³-hybridized carbons (Fsp3) is 0. The fourth-order valence-electron chi connectivity index (χ4n) is 9.32. The monoisotopic (exact) mass is 735 g/mol. The molecule has 0 saturated carbocycles. The van der Waals surface area contributed by atoms with Crippen LogP contribution in [-0.4, -0.2) is 15.0 Å². The Morgan fingerprint density at radius 3 is 1.14 bits per heavy atom. The first-order valence-corrected chi connectivity index (χ1v) is 19.8. The Balaban J connectivity index is 1.19. The lowest BCUT2D eigenvalue weighted by Gasteiger charge is -2.18. The lowest BCUT2D eigenvalue weighted by molar-refractivity contribution is 1.08. The van der Waals surface area contributed by atoms with E-state index in [1.807, 2.05) is 36.4 Å². The van der Waals surface area contributed by atoms with Crippen LogP contribution in [0.25, 0.3) is 121 Å². The van der Waals surface area contributed by atoms with Crippen molar-refractivity contribution in [1.29, 1.82) is 0 Å². The van der Waals surface area contributed by atoms with Gasteiger partial charge in [0.2, 0.25) is 0 Å². The normalized spacial score (nSPS) is 11.8. The number of benzene rings is 10. The van der Waals surface area contributed by atoms with Crippen LogP contribution in [0.3, 0.4) is 0 Å². The smallest absolute Gasteiger partial charge is 0.165 e. The summed E-state index contributed by atoms with van der Waals surface area (Å²) in [5, 5.41) is 17.1. The van der Waals surface area contributed by atoms with Gasteiger partial charge in [-0.3, -0.25) is 0 Å². The topological polar surface area (TPSA) is 38.7 Å². The van der Waals surface area contributed by atoms with Gasteiger partial charge in [0, 0.05) is 16.7 Å². The highest BCUT2D eigenvalue weighted by Crippen LogP contribution is 2.46. The minimum Gasteiger partial charge on any atom is -0.208 e. The molecule has 0 aliphatic carbocycles. The molecule has 3 nitrogen and oxygen atoms in total. The third kappa shape index (κ3) is 4.97. The second-order valence-electron chi connectivity index (χ2n) is 15.1. The van der Waals surface area contributed by atoms with Gasteiger partial charge in [-0.05, 0) is 92.6 Å². The number of rotatable bonds is 4. The zero-order chi connectivity index (χ0) is 38.2. The van der Waals surface area contributed by atoms with Crippen molar-refractivity contribution >= 4 is 75.4 Å². The molecule has 3 heteroatoms. The van der Waals surface area contributed by atoms with Gasteiger partial charge in [-0.2, -0.15) is 0 Å². The maximum absolute atomic E-state index is 5.23. The summed E-state index contributed by atoms with van der Waals surface area (Å²) >= 11 is 0. The zero-order valence-electron chi connectivity index (χ0n) is 31.4. The number of fused-ring (bicyclic) bond motifs is 7. The standard InChI is InChI=1S/C55H33N3/c1-3-15-36(16-4-1)53-56-54(37-17-5-2-6-18-37)58-55(57-53)52-46-25-11-9-23-44(46)49(45-24-10-12-26-47(45)52)38-31-32-41-43-28-14-20-35-30-29-34-19-13-27-42(50(34)51(35)43)39-21-7-8-22-40(39)48(41)33-38/h1-33H. The molecule has 1 heterocycles. The average molecular weight is 736 g/mol. The largest absolute Gasteiger partial charge is 0.208 e. The van der Waals surface area contributed by atoms with Crippen LogP contribution in [0.5, 0.6) is 0 Å². The molecule has 268 valence electrons. The van der Waals surface area contributed by atoms with Gasteiger partial charge in [-0.1, -0.05) is 194 Å². The van der Waals surface area contributed by atoms with Gasteiger partial charge < -0.3 is 0 Å². The Hall–Kier alpha value is -7.75. The molecule has 0 N–H and O–H groups in total. The van der Waals surface area contributed by atoms with Crippen molar-refractivity contribution in [3.63, 3.8) is 0 Å². The van der Waals surface area contributed by atoms with Gasteiger partial charge in [0.1, 0.15) is 0 Å². The quantitative estimate of drug-likeness (QED) is 0.133. The Morgan fingerprint density at radius 2 is 0.621 bits per heavy atom. The Bertz CT molecular complexity index is 3500. The van der Waals surface area contributed by atoms with E-state index in [-0.39, 0.29) is 0 Å². The van der Waals surface area contributed by atoms with E-state index in [2.05, 4.69) is 164 Å². The summed E-state index contributed by atoms with van der Waals surface area (Å²) in [6.07, 6.45) is 0. The Morgan fingerprint density at radius 1 is 0.224 bits per heavy atom. The van der Waals surface area contributed by atoms with Crippen LogP contribution in [0.15, 0.2) is 200 Å². The minimum absolute atomic E-state index is 0.648. The predicted molar refractivity (Wildman–Crippen MR) is 244 cm³/mol. The van der Waals surface area contributed by atoms with Crippen molar-refractivity contribution in [2.45, 2.75) is 0 Å². The molecule has 12 aromatic rings. The number of aromatic nitrogens is 3. The highest BCUT2D eigenvalue weighted by Gasteiger charge is 2.21. The predicted octanol–water partition coefficient (Wildman–Crippen LogP) is 14.6. The molecule has 0 aliphatic rings. The third-order valence-corrected chi connectivity index (χ3v) is 11.8. The molecule has 58 heavy (non-hydrogen) atoms. The second kappa shape index (κ2) is 12.9. The van der Waals surface area contributed by atoms with Crippen LogP contribution in [0.4, 0.5) is 0 Å². The van der Waals surface area contributed by atoms with Crippen LogP contribution in [0.2, 0.25) is 0 Å². The van der Waals surface area contributed by atoms with E-state index in [1.165, 1.54) is 59.4 Å². The van der Waals surface area contributed by atoms with Gasteiger partial charge in [0.05, 0.1) is 0 Å². The molecule has 0 atom stereocenters. The third-order valence-electron chi connectivity index (χ3n) is 11.8. The fourth-order valence-corrected chi connectivity index (χ4v) is 9.32. The number of nitrogens with zero attached hydrogens (tertiary/aromatic N) is 3. The van der Waals surface area contributed by atoms with Crippen LogP contribution < -0.4 is 0 Å². The maximum Gasteiger partial charge on any atom is 0.165 e. The maximum atomic E-state index is 5.23. The van der Waals surface area contributed by atoms with Crippen molar-refractivity contribution in [2.75, 3.05) is 0 Å². The van der Waals surface area contributed by atoms with Gasteiger partial charge >= 0.3 is 0 Å². The summed E-state index contributed by atoms with van der Waals surface area (Å²) < 4.78 is 0. The molecule has 0 saturated heterocycles. The Kier molecular flexibility index (Phi) is 7.23. The van der Waals surface area contributed by atoms with Crippen LogP contribution in [0, 0.1) is 0 Å². The molecule has 0 spiro atoms. The molecule has 11 aromatic carbocycles. The summed E-state index contributed by atoms with van der Waals surface area (Å²) in [5.41, 5.74) is 5.25. The summed E-state index contributed by atoms with van der Waals surface area (Å²) in [5.74, 6) is 1.95. The molecule has 0 radical (unpaired) electrons. The van der Waals surface area contributed by atoms with Gasteiger partial charge in [-0.25, -0.2) is 15.0 Å². The van der Waals surface area contributed by atoms with Crippen molar-refractivity contribution in [3.05, 3.63) is 200 Å². The molecule has 0 unspecified atom stereocenters. The highest BCUT2D eigenvalue weighted by atomic mass is 15.0. The average Bonchev–Trinajstić information content (AvgIpc) is 3.30. The van der Waals surface area contributed by atoms with E-state index in [0.717, 1.165) is 43.8 Å². The van der Waals surface area contributed by atoms with Crippen LogP contribution in [0.1, 0.15) is 0 Å². The molecular weight excluding hydrogens is 703 g/mol. The van der Waals surface area contributed by atoms with E-state index < -0.39 is 0 Å². The van der Waals surface area contributed by atoms with Crippen molar-refractivity contribution in [1.82, 2.24) is 15.0 Å². The van der Waals surface area contributed by atoms with Crippen LogP contribution in [-0.2, 0) is 0 Å². The van der Waals surface area contributed by atoms with Crippen molar-refractivity contribution in [2.24, 2.45) is 0 Å². The van der Waals surface area contributed by atoms with Crippen molar-refractivity contribution < 1.29 is 0 Å². The number of hydrogen-bond acceptors (Lipinski definition) is 3. The van der Waals surface area contributed by atoms with E-state index in [0.29, 0.717) is 17.5 Å². The van der Waals surface area contributed by atoms with E-state index in [1.54, 1.807) is 0 Å². The first-order chi connectivity index (χ1) is 28.8. The second-order valence-corrected chi connectivity index (χ2v) is 15.1. The summed E-state index contributed by atoms with van der Waals surface area (Å²) in [6.45, 7) is 0. The van der Waals surface area contributed by atoms with Gasteiger partial charge in [0.15, 0.2) is 17.5 Å². The van der Waals surface area contributed by atoms with Gasteiger partial charge in [0.25, 0.3) is 0 Å². The lowest BCUT2D eigenvalue weighted by atomic mass is 9.86. The molecular formula is C55H33N3. The first-order valence-electron chi connectivity index (χ1n) is 19.8. The zero-order valence-corrected chi connectivity index (χ0v) is 31.4. The van der Waals surface area contributed by atoms with E-state index in [9.17, 15) is 0 Å². The summed E-state index contributed by atoms with van der Waals surface area (Å²) in [4.78, 5) is 15.5. The molecule has 1 aromatic heterocycles. The molecule has 0 amide bonds. The first kappa shape index (κ1) is 32.5. The molecule has 12 rings (SSSR count).